The number of hydrogen-bond donors (Lipinski definition) is 1. The maximum atomic E-state index is 12.0. The van der Waals surface area contributed by atoms with Crippen LogP contribution in [0.5, 0.6) is 0 Å². The first-order chi connectivity index (χ1) is 10.8. The van der Waals surface area contributed by atoms with Crippen molar-refractivity contribution in [3.8, 4) is 0 Å². The number of pyridine rings is 1. The number of nitrogens with zero attached hydrogens (tertiary/aromatic N) is 2. The van der Waals surface area contributed by atoms with Gasteiger partial charge < -0.3 is 10.2 Å². The quantitative estimate of drug-likeness (QED) is 0.881. The van der Waals surface area contributed by atoms with E-state index in [0.29, 0.717) is 12.2 Å². The van der Waals surface area contributed by atoms with Gasteiger partial charge in [-0.1, -0.05) is 30.3 Å². The molecule has 3 rings (SSSR count). The number of anilines is 1. The van der Waals surface area contributed by atoms with Crippen molar-refractivity contribution >= 4 is 11.6 Å². The summed E-state index contributed by atoms with van der Waals surface area (Å²) in [6.45, 7) is 5.86. The normalized spacial score (nSPS) is 13.4. The monoisotopic (exact) mass is 293 g/mol. The Balaban J connectivity index is 1.78. The molecule has 1 N–H and O–H groups in total. The van der Waals surface area contributed by atoms with Crippen molar-refractivity contribution in [2.45, 2.75) is 13.0 Å². The van der Waals surface area contributed by atoms with Crippen LogP contribution >= 0.6 is 0 Å². The van der Waals surface area contributed by atoms with Gasteiger partial charge >= 0.3 is 0 Å². The Morgan fingerprint density at radius 2 is 2.14 bits per heavy atom. The second-order valence-corrected chi connectivity index (χ2v) is 5.34. The lowest BCUT2D eigenvalue weighted by Gasteiger charge is -2.30. The van der Waals surface area contributed by atoms with Crippen molar-refractivity contribution in [1.82, 2.24) is 10.3 Å². The van der Waals surface area contributed by atoms with Gasteiger partial charge in [-0.15, -0.1) is 6.58 Å². The maximum Gasteiger partial charge on any atom is 0.270 e. The Bertz CT molecular complexity index is 696. The van der Waals surface area contributed by atoms with Crippen LogP contribution in [-0.4, -0.2) is 24.0 Å². The van der Waals surface area contributed by atoms with Crippen molar-refractivity contribution in [3.05, 3.63) is 72.1 Å². The van der Waals surface area contributed by atoms with Crippen LogP contribution in [0.15, 0.2) is 55.3 Å². The highest BCUT2D eigenvalue weighted by atomic mass is 16.1. The zero-order chi connectivity index (χ0) is 15.4. The van der Waals surface area contributed by atoms with Crippen LogP contribution in [0.1, 0.15) is 21.6 Å². The fourth-order valence-electron chi connectivity index (χ4n) is 2.71. The van der Waals surface area contributed by atoms with E-state index in [0.717, 1.165) is 25.2 Å². The molecule has 22 heavy (non-hydrogen) atoms. The minimum atomic E-state index is -0.167. The zero-order valence-electron chi connectivity index (χ0n) is 12.5. The molecule has 1 amide bonds. The van der Waals surface area contributed by atoms with E-state index < -0.39 is 0 Å². The second kappa shape index (κ2) is 6.43. The lowest BCUT2D eigenvalue weighted by molar-refractivity contribution is 0.0953. The molecule has 0 fully saturated rings. The highest BCUT2D eigenvalue weighted by Gasteiger charge is 2.17. The van der Waals surface area contributed by atoms with Crippen LogP contribution in [0.3, 0.4) is 0 Å². The predicted octanol–water partition coefficient (Wildman–Crippen LogP) is 2.56. The summed E-state index contributed by atoms with van der Waals surface area (Å²) in [4.78, 5) is 18.4. The minimum absolute atomic E-state index is 0.167. The van der Waals surface area contributed by atoms with Crippen molar-refractivity contribution in [2.24, 2.45) is 0 Å². The molecule has 0 saturated carbocycles. The number of aromatic nitrogens is 1. The molecule has 0 aliphatic carbocycles. The number of nitrogens with one attached hydrogen (secondary N) is 1. The van der Waals surface area contributed by atoms with E-state index in [2.05, 4.69) is 46.0 Å². The third kappa shape index (κ3) is 3.01. The summed E-state index contributed by atoms with van der Waals surface area (Å²) >= 11 is 0. The van der Waals surface area contributed by atoms with Crippen molar-refractivity contribution in [1.29, 1.82) is 0 Å². The number of rotatable bonds is 4. The molecule has 1 aromatic carbocycles. The average molecular weight is 293 g/mol. The molecule has 112 valence electrons. The number of amides is 1. The smallest absolute Gasteiger partial charge is 0.270 e. The Morgan fingerprint density at radius 3 is 2.95 bits per heavy atom. The van der Waals surface area contributed by atoms with Gasteiger partial charge in [0.15, 0.2) is 0 Å². The zero-order valence-corrected chi connectivity index (χ0v) is 12.5. The van der Waals surface area contributed by atoms with Gasteiger partial charge in [-0.25, -0.2) is 0 Å². The second-order valence-electron chi connectivity index (χ2n) is 5.34. The Labute approximate surface area is 130 Å². The Hall–Kier alpha value is -2.62. The molecule has 2 heterocycles. The molecule has 1 aliphatic heterocycles. The van der Waals surface area contributed by atoms with E-state index >= 15 is 0 Å². The summed E-state index contributed by atoms with van der Waals surface area (Å²) in [5, 5.41) is 2.76. The lowest BCUT2D eigenvalue weighted by Crippen LogP contribution is -2.31. The molecule has 0 saturated heterocycles. The third-order valence-corrected chi connectivity index (χ3v) is 3.88. The van der Waals surface area contributed by atoms with Gasteiger partial charge in [-0.2, -0.15) is 0 Å². The fraction of sp³-hybridized carbons (Fsp3) is 0.222. The van der Waals surface area contributed by atoms with E-state index in [1.54, 1.807) is 12.3 Å². The highest BCUT2D eigenvalue weighted by molar-refractivity contribution is 5.93. The van der Waals surface area contributed by atoms with E-state index in [9.17, 15) is 4.79 Å². The van der Waals surface area contributed by atoms with Gasteiger partial charge in [0.05, 0.1) is 0 Å². The summed E-state index contributed by atoms with van der Waals surface area (Å²) in [5.41, 5.74) is 4.24. The third-order valence-electron chi connectivity index (χ3n) is 3.88. The molecular weight excluding hydrogens is 274 g/mol. The molecule has 4 nitrogen and oxygen atoms in total. The van der Waals surface area contributed by atoms with Gasteiger partial charge in [0, 0.05) is 31.5 Å². The molecule has 2 aromatic rings. The van der Waals surface area contributed by atoms with Gasteiger partial charge in [0.2, 0.25) is 0 Å². The molecule has 1 aliphatic rings. The van der Waals surface area contributed by atoms with Crippen LogP contribution in [0.2, 0.25) is 0 Å². The summed E-state index contributed by atoms with van der Waals surface area (Å²) < 4.78 is 0. The summed E-state index contributed by atoms with van der Waals surface area (Å²) in [5.74, 6) is -0.167. The first-order valence-corrected chi connectivity index (χ1v) is 7.45. The predicted molar refractivity (Wildman–Crippen MR) is 88.0 cm³/mol. The first-order valence-electron chi connectivity index (χ1n) is 7.45. The van der Waals surface area contributed by atoms with E-state index in [1.807, 2.05) is 12.1 Å². The molecule has 1 aromatic heterocycles. The topological polar surface area (TPSA) is 45.2 Å². The van der Waals surface area contributed by atoms with Crippen LogP contribution < -0.4 is 10.2 Å². The Morgan fingerprint density at radius 1 is 1.32 bits per heavy atom. The van der Waals surface area contributed by atoms with E-state index in [-0.39, 0.29) is 5.91 Å². The average Bonchev–Trinajstić information content (AvgIpc) is 2.59. The molecule has 0 spiro atoms. The minimum Gasteiger partial charge on any atom is -0.367 e. The maximum absolute atomic E-state index is 12.0. The number of hydrogen-bond acceptors (Lipinski definition) is 3. The highest BCUT2D eigenvalue weighted by Crippen LogP contribution is 2.24. The van der Waals surface area contributed by atoms with Crippen molar-refractivity contribution in [2.75, 3.05) is 18.0 Å². The van der Waals surface area contributed by atoms with Crippen LogP contribution in [0.25, 0.3) is 0 Å². The summed E-state index contributed by atoms with van der Waals surface area (Å²) in [6, 6.07) is 12.3. The van der Waals surface area contributed by atoms with Gasteiger partial charge in [-0.05, 0) is 29.7 Å². The molecule has 0 bridgehead atoms. The summed E-state index contributed by atoms with van der Waals surface area (Å²) in [7, 11) is 0. The Kier molecular flexibility index (Phi) is 4.19. The van der Waals surface area contributed by atoms with Crippen LogP contribution in [-0.2, 0) is 13.0 Å². The van der Waals surface area contributed by atoms with Gasteiger partial charge in [-0.3, -0.25) is 9.78 Å². The van der Waals surface area contributed by atoms with Gasteiger partial charge in [0.25, 0.3) is 5.91 Å². The first kappa shape index (κ1) is 14.3. The number of benzene rings is 1. The van der Waals surface area contributed by atoms with Crippen LogP contribution in [0, 0.1) is 0 Å². The molecule has 0 unspecified atom stereocenters. The van der Waals surface area contributed by atoms with E-state index in [4.69, 9.17) is 0 Å². The number of carbonyl (C=O) groups is 1. The standard InChI is InChI=1S/C18H19N3O/c1-2-9-20-18(22)17-12-16(7-10-19-17)21-11-8-14-5-3-4-6-15(14)13-21/h2-7,10,12H,1,8-9,11,13H2,(H,20,22). The van der Waals surface area contributed by atoms with Crippen LogP contribution in [0.4, 0.5) is 5.69 Å². The molecule has 0 atom stereocenters. The number of carbonyl (C=O) groups excluding carboxylic acids is 1. The lowest BCUT2D eigenvalue weighted by atomic mass is 9.99. The van der Waals surface area contributed by atoms with E-state index in [1.165, 1.54) is 11.1 Å². The summed E-state index contributed by atoms with van der Waals surface area (Å²) in [6.07, 6.45) is 4.37. The van der Waals surface area contributed by atoms with Gasteiger partial charge in [0.1, 0.15) is 5.69 Å². The largest absolute Gasteiger partial charge is 0.367 e. The molecular formula is C18H19N3O. The fourth-order valence-corrected chi connectivity index (χ4v) is 2.71. The van der Waals surface area contributed by atoms with Crippen molar-refractivity contribution in [3.63, 3.8) is 0 Å². The van der Waals surface area contributed by atoms with Crippen molar-refractivity contribution < 1.29 is 4.79 Å². The SMILES string of the molecule is C=CCNC(=O)c1cc(N2CCc3ccccc3C2)ccn1. The molecule has 4 heteroatoms. The molecule has 0 radical (unpaired) electrons. The number of fused-ring (bicyclic) bond motifs is 1.